The summed E-state index contributed by atoms with van der Waals surface area (Å²) in [6.07, 6.45) is 91.5. The predicted molar refractivity (Wildman–Crippen MR) is 504 cm³/mol. The molecular weight excluding hydrogens is 1490 g/mol. The van der Waals surface area contributed by atoms with Crippen molar-refractivity contribution >= 4 is 47.7 Å². The van der Waals surface area contributed by atoms with Gasteiger partial charge in [0.2, 0.25) is 0 Å². The van der Waals surface area contributed by atoms with Gasteiger partial charge in [-0.3, -0.25) is 0 Å². The molecule has 0 saturated heterocycles. The maximum absolute atomic E-state index is 2.47. The Labute approximate surface area is 728 Å². The van der Waals surface area contributed by atoms with Crippen LogP contribution < -0.4 is 56.6 Å². The Morgan fingerprint density at radius 1 is 0.133 bits per heavy atom. The third-order valence-corrected chi connectivity index (χ3v) is 29.0. The molecule has 0 amide bonds. The fourth-order valence-corrected chi connectivity index (χ4v) is 21.1. The number of rotatable bonds is 72. The van der Waals surface area contributed by atoms with Crippen molar-refractivity contribution in [2.75, 3.05) is 0 Å². The van der Waals surface area contributed by atoms with Crippen molar-refractivity contribution in [3.63, 3.8) is 0 Å². The third kappa shape index (κ3) is 53.5. The van der Waals surface area contributed by atoms with E-state index < -0.39 is 15.8 Å². The molecule has 1 radical (unpaired) electrons. The first kappa shape index (κ1) is 106. The normalized spacial score (nSPS) is 11.3. The van der Waals surface area contributed by atoms with E-state index in [1.807, 2.05) is 0 Å². The van der Waals surface area contributed by atoms with Crippen molar-refractivity contribution in [2.45, 2.75) is 465 Å². The summed E-state index contributed by atoms with van der Waals surface area (Å²) in [5.74, 6) is 0. The van der Waals surface area contributed by atoms with Crippen LogP contribution in [-0.4, -0.2) is 0 Å². The van der Waals surface area contributed by atoms with E-state index in [0.717, 1.165) is 0 Å². The van der Waals surface area contributed by atoms with Crippen molar-refractivity contribution in [1.29, 1.82) is 0 Å². The van der Waals surface area contributed by atoms with Gasteiger partial charge in [-0.25, -0.2) is 0 Å². The van der Waals surface area contributed by atoms with Crippen LogP contribution in [0.3, 0.4) is 0 Å². The average Bonchev–Trinajstić information content (AvgIpc) is 0.813. The summed E-state index contributed by atoms with van der Waals surface area (Å²) in [6.45, 7) is 13.8. The Morgan fingerprint density at radius 3 is 0.319 bits per heavy atom. The van der Waals surface area contributed by atoms with Crippen molar-refractivity contribution in [3.8, 4) is 0 Å². The minimum absolute atomic E-state index is 0. The molecule has 0 unspecified atom stereocenters. The van der Waals surface area contributed by atoms with Crippen molar-refractivity contribution < 1.29 is 41.6 Å². The summed E-state index contributed by atoms with van der Waals surface area (Å²) in [5.41, 5.74) is 9.07. The van der Waals surface area contributed by atoms with Gasteiger partial charge in [0.25, 0.3) is 0 Å². The molecule has 0 spiro atoms. The summed E-state index contributed by atoms with van der Waals surface area (Å²) < 4.78 is 0. The van der Waals surface area contributed by atoms with Gasteiger partial charge in [0.15, 0.2) is 0 Å². The number of aryl methyl sites for hydroxylation is 6. The van der Waals surface area contributed by atoms with Crippen LogP contribution in [0.5, 0.6) is 0 Å². The molecular formula is C108H174Cl2CoP2. The molecule has 0 N–H and O–H groups in total. The fourth-order valence-electron chi connectivity index (χ4n) is 16.7. The van der Waals surface area contributed by atoms with E-state index in [4.69, 9.17) is 0 Å². The standard InChI is InChI=1S/2C54H87P.2ClH.Co/c2*1-4-7-10-13-16-19-22-25-28-31-34-49-37-43-52(44-38-49)55(53-45-39-50(40-46-53)35-32-29-26-23-20-17-14-11-8-5-2)54-47-41-51(42-48-54)36-33-30-27-24-21-18-15-12-9-6-3;;;/h2*37-48H,4-36H2,1-3H3;2*1H;/q;;;;+2/p-2. The second kappa shape index (κ2) is 76.6. The second-order valence-corrected chi connectivity index (χ2v) is 38.7. The Morgan fingerprint density at radius 2 is 0.221 bits per heavy atom. The van der Waals surface area contributed by atoms with Gasteiger partial charge < -0.3 is 24.8 Å². The van der Waals surface area contributed by atoms with Gasteiger partial charge in [-0.15, -0.1) is 0 Å². The molecule has 5 heteroatoms. The number of hydrogen-bond donors (Lipinski definition) is 0. The molecule has 0 bridgehead atoms. The molecule has 0 fully saturated rings. The zero-order valence-electron chi connectivity index (χ0n) is 74.5. The van der Waals surface area contributed by atoms with Gasteiger partial charge in [-0.1, -0.05) is 534 Å². The van der Waals surface area contributed by atoms with Crippen LogP contribution in [0.4, 0.5) is 0 Å². The topological polar surface area (TPSA) is 0 Å². The summed E-state index contributed by atoms with van der Waals surface area (Å²) >= 11 is 0. The maximum Gasteiger partial charge on any atom is 2.00 e. The van der Waals surface area contributed by atoms with E-state index in [9.17, 15) is 0 Å². The summed E-state index contributed by atoms with van der Waals surface area (Å²) in [4.78, 5) is 0. The molecule has 0 aliphatic carbocycles. The van der Waals surface area contributed by atoms with Crippen LogP contribution in [0.2, 0.25) is 0 Å². The van der Waals surface area contributed by atoms with E-state index in [-0.39, 0.29) is 41.6 Å². The Balaban J connectivity index is 0.000000747. The van der Waals surface area contributed by atoms with Gasteiger partial charge in [0.05, 0.1) is 0 Å². The van der Waals surface area contributed by atoms with Crippen LogP contribution in [0.15, 0.2) is 146 Å². The number of benzene rings is 6. The molecule has 0 aliphatic rings. The van der Waals surface area contributed by atoms with Crippen LogP contribution in [0, 0.1) is 0 Å². The van der Waals surface area contributed by atoms with Crippen LogP contribution >= 0.6 is 15.8 Å². The minimum atomic E-state index is -0.570. The summed E-state index contributed by atoms with van der Waals surface area (Å²) in [7, 11) is -1.14. The van der Waals surface area contributed by atoms with Crippen LogP contribution in [0.1, 0.15) is 460 Å². The van der Waals surface area contributed by atoms with Gasteiger partial charge >= 0.3 is 16.8 Å². The zero-order chi connectivity index (χ0) is 77.7. The van der Waals surface area contributed by atoms with E-state index in [1.54, 1.807) is 0 Å². The predicted octanol–water partition coefficient (Wildman–Crippen LogP) is 27.7. The Hall–Kier alpha value is -2.73. The molecule has 0 atom stereocenters. The summed E-state index contributed by atoms with van der Waals surface area (Å²) in [5, 5.41) is 8.95. The molecule has 113 heavy (non-hydrogen) atoms. The molecule has 0 aromatic heterocycles. The number of halogens is 2. The van der Waals surface area contributed by atoms with Crippen molar-refractivity contribution in [2.24, 2.45) is 0 Å². The van der Waals surface area contributed by atoms with E-state index in [2.05, 4.69) is 187 Å². The van der Waals surface area contributed by atoms with Gasteiger partial charge in [0, 0.05) is 0 Å². The monoisotopic (exact) mass is 1660 g/mol. The van der Waals surface area contributed by atoms with Gasteiger partial charge in [-0.2, -0.15) is 0 Å². The Bertz CT molecular complexity index is 2420. The fraction of sp³-hybridized carbons (Fsp3) is 0.667. The maximum atomic E-state index is 2.47. The average molecular weight is 1660 g/mol. The van der Waals surface area contributed by atoms with Crippen molar-refractivity contribution in [3.05, 3.63) is 179 Å². The molecule has 6 aromatic rings. The largest absolute Gasteiger partial charge is 2.00 e. The molecule has 6 rings (SSSR count). The smallest absolute Gasteiger partial charge is 1.00 e. The van der Waals surface area contributed by atoms with Crippen molar-refractivity contribution in [1.82, 2.24) is 0 Å². The number of unbranched alkanes of at least 4 members (excludes halogenated alkanes) is 54. The third-order valence-electron chi connectivity index (χ3n) is 24.1. The van der Waals surface area contributed by atoms with Crippen LogP contribution in [-0.2, 0) is 55.3 Å². The SMILES string of the molecule is CCCCCCCCCCCCc1ccc(P(c2ccc(CCCCCCCCCCCC)cc2)c2ccc(CCCCCCCCCCCC)cc2)cc1.CCCCCCCCCCCCc1ccc(P(c2ccc(CCCCCCCCCCCC)cc2)c2ccc(CCCCCCCCCCCC)cc2)cc1.[Cl-].[Cl-].[Co+2]. The van der Waals surface area contributed by atoms with E-state index in [0.29, 0.717) is 0 Å². The minimum Gasteiger partial charge on any atom is -1.00 e. The van der Waals surface area contributed by atoms with Crippen LogP contribution in [0.25, 0.3) is 0 Å². The van der Waals surface area contributed by atoms with E-state index >= 15 is 0 Å². The first-order chi connectivity index (χ1) is 54.5. The van der Waals surface area contributed by atoms with E-state index in [1.165, 1.54) is 489 Å². The van der Waals surface area contributed by atoms with Gasteiger partial charge in [0.1, 0.15) is 0 Å². The summed E-state index contributed by atoms with van der Waals surface area (Å²) in [6, 6.07) is 58.9. The first-order valence-electron chi connectivity index (χ1n) is 48.6. The molecule has 0 heterocycles. The quantitative estimate of drug-likeness (QED) is 0.0264. The molecule has 639 valence electrons. The zero-order valence-corrected chi connectivity index (χ0v) is 78.9. The molecule has 0 nitrogen and oxygen atoms in total. The Kier molecular flexibility index (Phi) is 72.1. The molecule has 6 aromatic carbocycles. The molecule has 0 saturated carbocycles. The molecule has 0 aliphatic heterocycles. The second-order valence-electron chi connectivity index (χ2n) is 34.3. The first-order valence-corrected chi connectivity index (χ1v) is 51.3. The van der Waals surface area contributed by atoms with Gasteiger partial charge in [-0.05, 0) is 158 Å². The number of hydrogen-bond acceptors (Lipinski definition) is 0.